The highest BCUT2D eigenvalue weighted by molar-refractivity contribution is 5.89. The van der Waals surface area contributed by atoms with Gasteiger partial charge in [0.25, 0.3) is 5.69 Å². The lowest BCUT2D eigenvalue weighted by Gasteiger charge is -2.08. The van der Waals surface area contributed by atoms with E-state index in [2.05, 4.69) is 5.32 Å². The second-order valence-electron chi connectivity index (χ2n) is 4.69. The Hall–Kier alpha value is -2.96. The summed E-state index contributed by atoms with van der Waals surface area (Å²) in [5.74, 6) is -1.07. The molecule has 2 rings (SSSR count). The van der Waals surface area contributed by atoms with Crippen molar-refractivity contribution in [1.29, 1.82) is 0 Å². The maximum absolute atomic E-state index is 13.1. The molecule has 0 spiro atoms. The van der Waals surface area contributed by atoms with Crippen molar-refractivity contribution in [2.75, 3.05) is 11.9 Å². The molecular formula is C16H15FN2O4. The van der Waals surface area contributed by atoms with E-state index in [1.54, 1.807) is 31.2 Å². The molecule has 2 aromatic carbocycles. The molecule has 0 unspecified atom stereocenters. The molecule has 0 atom stereocenters. The Morgan fingerprint density at radius 1 is 1.26 bits per heavy atom. The van der Waals surface area contributed by atoms with Crippen molar-refractivity contribution >= 4 is 17.3 Å². The minimum absolute atomic E-state index is 0.228. The lowest BCUT2D eigenvalue weighted by Crippen LogP contribution is -2.06. The fraction of sp³-hybridized carbons (Fsp3) is 0.188. The van der Waals surface area contributed by atoms with E-state index in [0.717, 1.165) is 17.7 Å². The Bertz CT molecular complexity index is 717. The SMILES string of the molecule is CCOC(=O)c1ccc(CNc2ccc(F)cc2[N+](=O)[O-])cc1. The molecule has 7 heteroatoms. The topological polar surface area (TPSA) is 81.5 Å². The minimum Gasteiger partial charge on any atom is -0.462 e. The van der Waals surface area contributed by atoms with E-state index in [-0.39, 0.29) is 11.4 Å². The van der Waals surface area contributed by atoms with Crippen LogP contribution in [0.15, 0.2) is 42.5 Å². The Labute approximate surface area is 132 Å². The van der Waals surface area contributed by atoms with E-state index in [1.165, 1.54) is 6.07 Å². The Kier molecular flexibility index (Phi) is 5.24. The number of anilines is 1. The lowest BCUT2D eigenvalue weighted by atomic mass is 10.1. The maximum Gasteiger partial charge on any atom is 0.338 e. The number of carbonyl (C=O) groups is 1. The van der Waals surface area contributed by atoms with Crippen molar-refractivity contribution in [2.45, 2.75) is 13.5 Å². The minimum atomic E-state index is -0.666. The molecule has 0 heterocycles. The molecule has 120 valence electrons. The van der Waals surface area contributed by atoms with E-state index >= 15 is 0 Å². The number of esters is 1. The van der Waals surface area contributed by atoms with Crippen molar-refractivity contribution in [3.05, 3.63) is 69.5 Å². The third-order valence-corrected chi connectivity index (χ3v) is 3.10. The highest BCUT2D eigenvalue weighted by atomic mass is 19.1. The summed E-state index contributed by atoms with van der Waals surface area (Å²) in [7, 11) is 0. The van der Waals surface area contributed by atoms with E-state index in [0.29, 0.717) is 18.7 Å². The average molecular weight is 318 g/mol. The third-order valence-electron chi connectivity index (χ3n) is 3.10. The van der Waals surface area contributed by atoms with Gasteiger partial charge in [0.2, 0.25) is 0 Å². The zero-order chi connectivity index (χ0) is 16.8. The summed E-state index contributed by atoms with van der Waals surface area (Å²) in [4.78, 5) is 21.8. The number of nitro benzene ring substituents is 1. The van der Waals surface area contributed by atoms with Crippen molar-refractivity contribution in [2.24, 2.45) is 0 Å². The van der Waals surface area contributed by atoms with Gasteiger partial charge < -0.3 is 10.1 Å². The standard InChI is InChI=1S/C16H15FN2O4/c1-2-23-16(20)12-5-3-11(4-6-12)10-18-14-8-7-13(17)9-15(14)19(21)22/h3-9,18H,2,10H2,1H3. The van der Waals surface area contributed by atoms with Gasteiger partial charge in [0.05, 0.1) is 23.2 Å². The summed E-state index contributed by atoms with van der Waals surface area (Å²) >= 11 is 0. The molecule has 6 nitrogen and oxygen atoms in total. The molecule has 0 aliphatic heterocycles. The average Bonchev–Trinajstić information content (AvgIpc) is 2.54. The first-order valence-corrected chi connectivity index (χ1v) is 6.95. The smallest absolute Gasteiger partial charge is 0.338 e. The fourth-order valence-corrected chi connectivity index (χ4v) is 1.98. The van der Waals surface area contributed by atoms with Crippen LogP contribution < -0.4 is 5.32 Å². The van der Waals surface area contributed by atoms with Crippen LogP contribution in [0.25, 0.3) is 0 Å². The van der Waals surface area contributed by atoms with Gasteiger partial charge in [-0.15, -0.1) is 0 Å². The molecule has 23 heavy (non-hydrogen) atoms. The van der Waals surface area contributed by atoms with Gasteiger partial charge in [-0.2, -0.15) is 0 Å². The summed E-state index contributed by atoms with van der Waals surface area (Å²) in [5, 5.41) is 13.8. The van der Waals surface area contributed by atoms with E-state index < -0.39 is 16.7 Å². The van der Waals surface area contributed by atoms with E-state index in [9.17, 15) is 19.3 Å². The van der Waals surface area contributed by atoms with Crippen LogP contribution >= 0.6 is 0 Å². The van der Waals surface area contributed by atoms with Crippen LogP contribution in [0.5, 0.6) is 0 Å². The van der Waals surface area contributed by atoms with Crippen LogP contribution in [0.3, 0.4) is 0 Å². The molecule has 0 saturated heterocycles. The van der Waals surface area contributed by atoms with Gasteiger partial charge >= 0.3 is 5.97 Å². The summed E-state index contributed by atoms with van der Waals surface area (Å²) in [6.07, 6.45) is 0. The van der Waals surface area contributed by atoms with Crippen LogP contribution in [0.1, 0.15) is 22.8 Å². The summed E-state index contributed by atoms with van der Waals surface area (Å²) in [6.45, 7) is 2.33. The summed E-state index contributed by atoms with van der Waals surface area (Å²) < 4.78 is 18.0. The molecule has 0 aliphatic carbocycles. The molecule has 0 aromatic heterocycles. The predicted molar refractivity (Wildman–Crippen MR) is 82.8 cm³/mol. The van der Waals surface area contributed by atoms with E-state index in [4.69, 9.17) is 4.74 Å². The van der Waals surface area contributed by atoms with Crippen molar-refractivity contribution in [3.63, 3.8) is 0 Å². The molecule has 0 saturated carbocycles. The number of halogens is 1. The normalized spacial score (nSPS) is 10.2. The first-order chi connectivity index (χ1) is 11.0. The fourth-order valence-electron chi connectivity index (χ4n) is 1.98. The number of benzene rings is 2. The van der Waals surface area contributed by atoms with Gasteiger partial charge in [-0.25, -0.2) is 9.18 Å². The molecule has 1 N–H and O–H groups in total. The van der Waals surface area contributed by atoms with Gasteiger partial charge in [-0.1, -0.05) is 12.1 Å². The zero-order valence-corrected chi connectivity index (χ0v) is 12.4. The van der Waals surface area contributed by atoms with Crippen molar-refractivity contribution in [1.82, 2.24) is 0 Å². The second-order valence-corrected chi connectivity index (χ2v) is 4.69. The molecule has 0 aliphatic rings. The monoisotopic (exact) mass is 318 g/mol. The van der Waals surface area contributed by atoms with Crippen LogP contribution in [0, 0.1) is 15.9 Å². The van der Waals surface area contributed by atoms with Crippen molar-refractivity contribution < 1.29 is 18.8 Å². The highest BCUT2D eigenvalue weighted by Crippen LogP contribution is 2.25. The first kappa shape index (κ1) is 16.4. The van der Waals surface area contributed by atoms with Crippen molar-refractivity contribution in [3.8, 4) is 0 Å². The Morgan fingerprint density at radius 2 is 1.96 bits per heavy atom. The number of hydrogen-bond donors (Lipinski definition) is 1. The molecule has 0 fully saturated rings. The van der Waals surface area contributed by atoms with Gasteiger partial charge in [-0.3, -0.25) is 10.1 Å². The molecule has 0 amide bonds. The number of ether oxygens (including phenoxy) is 1. The number of rotatable bonds is 6. The largest absolute Gasteiger partial charge is 0.462 e. The number of nitrogens with zero attached hydrogens (tertiary/aromatic N) is 1. The summed E-state index contributed by atoms with van der Waals surface area (Å²) in [6, 6.07) is 10.0. The molecule has 0 bridgehead atoms. The van der Waals surface area contributed by atoms with Crippen LogP contribution in [0.2, 0.25) is 0 Å². The molecule has 0 radical (unpaired) electrons. The third kappa shape index (κ3) is 4.26. The second kappa shape index (κ2) is 7.35. The number of carbonyl (C=O) groups excluding carboxylic acids is 1. The number of hydrogen-bond acceptors (Lipinski definition) is 5. The number of nitro groups is 1. The van der Waals surface area contributed by atoms with Gasteiger partial charge in [0.1, 0.15) is 11.5 Å². The van der Waals surface area contributed by atoms with Gasteiger partial charge in [-0.05, 0) is 36.8 Å². The van der Waals surface area contributed by atoms with E-state index in [1.807, 2.05) is 0 Å². The lowest BCUT2D eigenvalue weighted by molar-refractivity contribution is -0.384. The first-order valence-electron chi connectivity index (χ1n) is 6.95. The zero-order valence-electron chi connectivity index (χ0n) is 12.4. The van der Waals surface area contributed by atoms with Crippen LogP contribution in [-0.2, 0) is 11.3 Å². The Morgan fingerprint density at radius 3 is 2.57 bits per heavy atom. The molecule has 2 aromatic rings. The molecular weight excluding hydrogens is 303 g/mol. The Balaban J connectivity index is 2.07. The van der Waals surface area contributed by atoms with Crippen LogP contribution in [-0.4, -0.2) is 17.5 Å². The quantitative estimate of drug-likeness (QED) is 0.500. The van der Waals surface area contributed by atoms with Crippen LogP contribution in [0.4, 0.5) is 15.8 Å². The highest BCUT2D eigenvalue weighted by Gasteiger charge is 2.14. The summed E-state index contributed by atoms with van der Waals surface area (Å²) in [5.41, 5.74) is 1.15. The predicted octanol–water partition coefficient (Wildman–Crippen LogP) is 3.52. The van der Waals surface area contributed by atoms with Gasteiger partial charge in [0, 0.05) is 6.54 Å². The maximum atomic E-state index is 13.1. The number of nitrogens with one attached hydrogen (secondary N) is 1. The van der Waals surface area contributed by atoms with Gasteiger partial charge in [0.15, 0.2) is 0 Å².